The van der Waals surface area contributed by atoms with Gasteiger partial charge in [0.05, 0.1) is 6.61 Å². The SMILES string of the molecule is NC(=O)C1CCN(C(=O)CCCOc2ccccc2F)CC1. The molecule has 0 atom stereocenters. The molecular formula is C16H21FN2O3. The van der Waals surface area contributed by atoms with Crippen LogP contribution in [0.25, 0.3) is 0 Å². The van der Waals surface area contributed by atoms with Crippen LogP contribution in [0.2, 0.25) is 0 Å². The second-order valence-electron chi connectivity index (χ2n) is 5.44. The van der Waals surface area contributed by atoms with E-state index in [1.54, 1.807) is 23.1 Å². The molecule has 0 spiro atoms. The first-order valence-electron chi connectivity index (χ1n) is 7.52. The van der Waals surface area contributed by atoms with Crippen LogP contribution in [0, 0.1) is 11.7 Å². The Morgan fingerprint density at radius 2 is 1.95 bits per heavy atom. The average Bonchev–Trinajstić information content (AvgIpc) is 2.53. The number of hydrogen-bond acceptors (Lipinski definition) is 3. The Kier molecular flexibility index (Phi) is 5.75. The summed E-state index contributed by atoms with van der Waals surface area (Å²) in [7, 11) is 0. The minimum Gasteiger partial charge on any atom is -0.491 e. The molecule has 1 aromatic carbocycles. The van der Waals surface area contributed by atoms with Gasteiger partial charge in [0.15, 0.2) is 11.6 Å². The summed E-state index contributed by atoms with van der Waals surface area (Å²) in [5, 5.41) is 0. The van der Waals surface area contributed by atoms with Gasteiger partial charge >= 0.3 is 0 Å². The van der Waals surface area contributed by atoms with Crippen LogP contribution in [0.3, 0.4) is 0 Å². The molecule has 1 aliphatic heterocycles. The molecule has 22 heavy (non-hydrogen) atoms. The van der Waals surface area contributed by atoms with Crippen LogP contribution in [0.15, 0.2) is 24.3 Å². The van der Waals surface area contributed by atoms with Crippen LogP contribution < -0.4 is 10.5 Å². The number of nitrogens with two attached hydrogens (primary N) is 1. The van der Waals surface area contributed by atoms with E-state index < -0.39 is 5.82 Å². The zero-order valence-corrected chi connectivity index (χ0v) is 12.5. The molecule has 0 aromatic heterocycles. The molecule has 1 heterocycles. The molecule has 6 heteroatoms. The van der Waals surface area contributed by atoms with Crippen LogP contribution in [-0.2, 0) is 9.59 Å². The average molecular weight is 308 g/mol. The van der Waals surface area contributed by atoms with Crippen LogP contribution in [-0.4, -0.2) is 36.4 Å². The highest BCUT2D eigenvalue weighted by Crippen LogP contribution is 2.18. The minimum atomic E-state index is -0.401. The van der Waals surface area contributed by atoms with E-state index in [1.807, 2.05) is 0 Å². The van der Waals surface area contributed by atoms with Crippen molar-refractivity contribution in [1.29, 1.82) is 0 Å². The second-order valence-corrected chi connectivity index (χ2v) is 5.44. The van der Waals surface area contributed by atoms with Crippen molar-refractivity contribution in [2.45, 2.75) is 25.7 Å². The Hall–Kier alpha value is -2.11. The second kappa shape index (κ2) is 7.77. The first-order valence-corrected chi connectivity index (χ1v) is 7.52. The van der Waals surface area contributed by atoms with Gasteiger partial charge in [-0.25, -0.2) is 4.39 Å². The van der Waals surface area contributed by atoms with Crippen LogP contribution in [0.1, 0.15) is 25.7 Å². The summed E-state index contributed by atoms with van der Waals surface area (Å²) in [5.74, 6) is -0.557. The minimum absolute atomic E-state index is 0.0417. The van der Waals surface area contributed by atoms with Gasteiger partial charge in [-0.15, -0.1) is 0 Å². The highest BCUT2D eigenvalue weighted by Gasteiger charge is 2.25. The highest BCUT2D eigenvalue weighted by atomic mass is 19.1. The smallest absolute Gasteiger partial charge is 0.222 e. The van der Waals surface area contributed by atoms with Gasteiger partial charge in [-0.05, 0) is 31.4 Å². The van der Waals surface area contributed by atoms with E-state index in [9.17, 15) is 14.0 Å². The first-order chi connectivity index (χ1) is 10.6. The van der Waals surface area contributed by atoms with Crippen LogP contribution in [0.5, 0.6) is 5.75 Å². The number of carbonyl (C=O) groups excluding carboxylic acids is 2. The normalized spacial score (nSPS) is 15.6. The molecule has 0 bridgehead atoms. The summed E-state index contributed by atoms with van der Waals surface area (Å²) in [6.07, 6.45) is 2.15. The van der Waals surface area contributed by atoms with Gasteiger partial charge in [-0.2, -0.15) is 0 Å². The molecule has 1 aromatic rings. The van der Waals surface area contributed by atoms with Crippen molar-refractivity contribution in [2.75, 3.05) is 19.7 Å². The number of likely N-dealkylation sites (tertiary alicyclic amines) is 1. The number of nitrogens with zero attached hydrogens (tertiary/aromatic N) is 1. The molecule has 1 fully saturated rings. The zero-order valence-electron chi connectivity index (χ0n) is 12.5. The number of carbonyl (C=O) groups is 2. The summed E-state index contributed by atoms with van der Waals surface area (Å²) in [6.45, 7) is 1.44. The topological polar surface area (TPSA) is 72.6 Å². The van der Waals surface area contributed by atoms with Crippen LogP contribution >= 0.6 is 0 Å². The highest BCUT2D eigenvalue weighted by molar-refractivity contribution is 5.78. The van der Waals surface area contributed by atoms with E-state index in [-0.39, 0.29) is 23.5 Å². The monoisotopic (exact) mass is 308 g/mol. The molecule has 5 nitrogen and oxygen atoms in total. The molecule has 2 rings (SSSR count). The third kappa shape index (κ3) is 4.44. The fourth-order valence-electron chi connectivity index (χ4n) is 2.54. The van der Waals surface area contributed by atoms with Crippen molar-refractivity contribution in [3.8, 4) is 5.75 Å². The maximum atomic E-state index is 13.3. The molecule has 1 saturated heterocycles. The van der Waals surface area contributed by atoms with Crippen molar-refractivity contribution in [3.63, 3.8) is 0 Å². The number of rotatable bonds is 6. The quantitative estimate of drug-likeness (QED) is 0.813. The van der Waals surface area contributed by atoms with E-state index in [4.69, 9.17) is 10.5 Å². The summed E-state index contributed by atoms with van der Waals surface area (Å²) >= 11 is 0. The number of piperidine rings is 1. The van der Waals surface area contributed by atoms with Crippen LogP contribution in [0.4, 0.5) is 4.39 Å². The van der Waals surface area contributed by atoms with Crippen molar-refractivity contribution >= 4 is 11.8 Å². The Bertz CT molecular complexity index is 528. The van der Waals surface area contributed by atoms with Gasteiger partial charge in [-0.1, -0.05) is 12.1 Å². The lowest BCUT2D eigenvalue weighted by Gasteiger charge is -2.30. The van der Waals surface area contributed by atoms with Gasteiger partial charge in [-0.3, -0.25) is 9.59 Å². The van der Waals surface area contributed by atoms with E-state index in [0.29, 0.717) is 45.4 Å². The van der Waals surface area contributed by atoms with E-state index in [0.717, 1.165) is 0 Å². The molecule has 0 unspecified atom stereocenters. The number of primary amides is 1. The van der Waals surface area contributed by atoms with E-state index in [1.165, 1.54) is 6.07 Å². The standard InChI is InChI=1S/C16H21FN2O3/c17-13-4-1-2-5-14(13)22-11-3-6-15(20)19-9-7-12(8-10-19)16(18)21/h1-2,4-5,12H,3,6-11H2,(H2,18,21). The zero-order chi connectivity index (χ0) is 15.9. The van der Waals surface area contributed by atoms with Crippen molar-refractivity contribution < 1.29 is 18.7 Å². The van der Waals surface area contributed by atoms with Gasteiger partial charge in [0.1, 0.15) is 0 Å². The molecule has 0 saturated carbocycles. The van der Waals surface area contributed by atoms with E-state index >= 15 is 0 Å². The Balaban J connectivity index is 1.66. The van der Waals surface area contributed by atoms with Gasteiger partial charge in [0.25, 0.3) is 0 Å². The summed E-state index contributed by atoms with van der Waals surface area (Å²) in [6, 6.07) is 6.20. The maximum absolute atomic E-state index is 13.3. The predicted octanol–water partition coefficient (Wildman–Crippen LogP) is 1.71. The summed E-state index contributed by atoms with van der Waals surface area (Å²) in [5.41, 5.74) is 5.26. The molecule has 120 valence electrons. The Labute approximate surface area is 129 Å². The summed E-state index contributed by atoms with van der Waals surface area (Å²) in [4.78, 5) is 24.9. The first kappa shape index (κ1) is 16.3. The predicted molar refractivity (Wildman–Crippen MR) is 79.6 cm³/mol. The van der Waals surface area contributed by atoms with E-state index in [2.05, 4.69) is 0 Å². The number of hydrogen-bond donors (Lipinski definition) is 1. The Morgan fingerprint density at radius 1 is 1.27 bits per heavy atom. The molecule has 2 amide bonds. The van der Waals surface area contributed by atoms with Gasteiger partial charge in [0.2, 0.25) is 11.8 Å². The lowest BCUT2D eigenvalue weighted by Crippen LogP contribution is -2.41. The number of para-hydroxylation sites is 1. The van der Waals surface area contributed by atoms with Crippen molar-refractivity contribution in [2.24, 2.45) is 11.7 Å². The lowest BCUT2D eigenvalue weighted by atomic mass is 9.96. The number of ether oxygens (including phenoxy) is 1. The molecule has 1 aliphatic rings. The van der Waals surface area contributed by atoms with Crippen molar-refractivity contribution in [3.05, 3.63) is 30.1 Å². The third-order valence-corrected chi connectivity index (χ3v) is 3.88. The third-order valence-electron chi connectivity index (χ3n) is 3.88. The Morgan fingerprint density at radius 3 is 2.59 bits per heavy atom. The van der Waals surface area contributed by atoms with Gasteiger partial charge in [0, 0.05) is 25.4 Å². The fraction of sp³-hybridized carbons (Fsp3) is 0.500. The van der Waals surface area contributed by atoms with Gasteiger partial charge < -0.3 is 15.4 Å². The number of benzene rings is 1. The number of halogens is 1. The molecule has 2 N–H and O–H groups in total. The summed E-state index contributed by atoms with van der Waals surface area (Å²) < 4.78 is 18.6. The molecule has 0 aliphatic carbocycles. The number of amides is 2. The molecule has 0 radical (unpaired) electrons. The fourth-order valence-corrected chi connectivity index (χ4v) is 2.54. The lowest BCUT2D eigenvalue weighted by molar-refractivity contribution is -0.135. The maximum Gasteiger partial charge on any atom is 0.222 e. The van der Waals surface area contributed by atoms with Crippen molar-refractivity contribution in [1.82, 2.24) is 4.90 Å². The largest absolute Gasteiger partial charge is 0.491 e. The molecular weight excluding hydrogens is 287 g/mol.